The Hall–Kier alpha value is -2.61. The number of nitrogens with zero attached hydrogens (tertiary/aromatic N) is 1. The van der Waals surface area contributed by atoms with Gasteiger partial charge >= 0.3 is 0 Å². The molecule has 2 nitrogen and oxygen atoms in total. The molecule has 98 valence electrons. The molecule has 0 amide bonds. The van der Waals surface area contributed by atoms with Gasteiger partial charge in [-0.3, -0.25) is 0 Å². The lowest BCUT2D eigenvalue weighted by molar-refractivity contribution is 1.31. The van der Waals surface area contributed by atoms with E-state index in [1.807, 2.05) is 18.3 Å². The molecule has 2 heteroatoms. The third-order valence-electron chi connectivity index (χ3n) is 3.42. The Bertz CT molecular complexity index is 710. The van der Waals surface area contributed by atoms with Gasteiger partial charge in [-0.05, 0) is 35.3 Å². The smallest absolute Gasteiger partial charge is 0.0924 e. The van der Waals surface area contributed by atoms with Gasteiger partial charge in [-0.25, -0.2) is 4.98 Å². The second-order valence-corrected chi connectivity index (χ2v) is 4.73. The highest BCUT2D eigenvalue weighted by Gasteiger charge is 2.03. The molecule has 0 bridgehead atoms. The van der Waals surface area contributed by atoms with Gasteiger partial charge in [0.25, 0.3) is 0 Å². The van der Waals surface area contributed by atoms with Gasteiger partial charge in [-0.1, -0.05) is 54.6 Å². The van der Waals surface area contributed by atoms with Crippen molar-refractivity contribution in [3.63, 3.8) is 0 Å². The van der Waals surface area contributed by atoms with Crippen molar-refractivity contribution in [2.45, 2.75) is 6.92 Å². The fraction of sp³-hybridized carbons (Fsp3) is 0.0556. The third-order valence-corrected chi connectivity index (χ3v) is 3.42. The quantitative estimate of drug-likeness (QED) is 0.735. The zero-order valence-corrected chi connectivity index (χ0v) is 11.4. The first-order chi connectivity index (χ1) is 9.84. The van der Waals surface area contributed by atoms with Crippen LogP contribution < -0.4 is 0 Å². The summed E-state index contributed by atoms with van der Waals surface area (Å²) in [5.74, 6) is 0. The van der Waals surface area contributed by atoms with Crippen LogP contribution in [0.5, 0.6) is 0 Å². The van der Waals surface area contributed by atoms with Crippen LogP contribution in [0.4, 0.5) is 0 Å². The van der Waals surface area contributed by atoms with E-state index in [1.165, 1.54) is 22.3 Å². The van der Waals surface area contributed by atoms with Crippen LogP contribution in [0.2, 0.25) is 0 Å². The van der Waals surface area contributed by atoms with Gasteiger partial charge in [0, 0.05) is 0 Å². The molecule has 0 aliphatic heterocycles. The van der Waals surface area contributed by atoms with Gasteiger partial charge in [0.05, 0.1) is 18.2 Å². The van der Waals surface area contributed by atoms with E-state index in [9.17, 15) is 0 Å². The summed E-state index contributed by atoms with van der Waals surface area (Å²) in [5, 5.41) is 0. The summed E-state index contributed by atoms with van der Waals surface area (Å²) in [6, 6.07) is 16.9. The molecule has 3 rings (SSSR count). The zero-order valence-electron chi connectivity index (χ0n) is 11.4. The summed E-state index contributed by atoms with van der Waals surface area (Å²) in [7, 11) is 0. The van der Waals surface area contributed by atoms with E-state index in [0.717, 1.165) is 5.69 Å². The van der Waals surface area contributed by atoms with E-state index < -0.39 is 0 Å². The lowest BCUT2D eigenvalue weighted by atomic mass is 9.96. The zero-order chi connectivity index (χ0) is 13.8. The molecule has 20 heavy (non-hydrogen) atoms. The molecular formula is C18H16N2. The van der Waals surface area contributed by atoms with Crippen molar-refractivity contribution in [1.82, 2.24) is 9.97 Å². The molecule has 0 saturated carbocycles. The lowest BCUT2D eigenvalue weighted by Crippen LogP contribution is -1.86. The summed E-state index contributed by atoms with van der Waals surface area (Å²) >= 11 is 0. The molecule has 0 fully saturated rings. The average molecular weight is 260 g/mol. The molecule has 2 aromatic carbocycles. The predicted molar refractivity (Wildman–Crippen MR) is 84.1 cm³/mol. The SMILES string of the molecule is Cc1c(/C=C/c2cnc[nH]2)cccc1-c1ccccc1. The Balaban J connectivity index is 1.98. The molecule has 0 unspecified atom stereocenters. The summed E-state index contributed by atoms with van der Waals surface area (Å²) in [6.07, 6.45) is 7.67. The van der Waals surface area contributed by atoms with Crippen molar-refractivity contribution in [3.05, 3.63) is 77.9 Å². The number of benzene rings is 2. The Morgan fingerprint density at radius 1 is 0.950 bits per heavy atom. The highest BCUT2D eigenvalue weighted by atomic mass is 14.8. The fourth-order valence-electron chi connectivity index (χ4n) is 2.30. The van der Waals surface area contributed by atoms with Gasteiger partial charge in [-0.2, -0.15) is 0 Å². The first-order valence-corrected chi connectivity index (χ1v) is 6.66. The van der Waals surface area contributed by atoms with Crippen molar-refractivity contribution in [3.8, 4) is 11.1 Å². The summed E-state index contributed by atoms with van der Waals surface area (Å²) in [5.41, 5.74) is 6.05. The molecule has 0 aliphatic rings. The van der Waals surface area contributed by atoms with E-state index >= 15 is 0 Å². The first kappa shape index (κ1) is 12.4. The van der Waals surface area contributed by atoms with Crippen LogP contribution in [-0.2, 0) is 0 Å². The van der Waals surface area contributed by atoms with E-state index in [-0.39, 0.29) is 0 Å². The van der Waals surface area contributed by atoms with Gasteiger partial charge < -0.3 is 4.98 Å². The molecule has 0 saturated heterocycles. The molecule has 1 N–H and O–H groups in total. The summed E-state index contributed by atoms with van der Waals surface area (Å²) in [6.45, 7) is 2.16. The minimum absolute atomic E-state index is 1.01. The standard InChI is InChI=1S/C18H16N2/c1-14-15(10-11-17-12-19-13-20-17)8-5-9-18(14)16-6-3-2-4-7-16/h2-13H,1H3,(H,19,20)/b11-10+. The molecule has 1 aromatic heterocycles. The van der Waals surface area contributed by atoms with Crippen LogP contribution in [0.15, 0.2) is 61.1 Å². The van der Waals surface area contributed by atoms with Gasteiger partial charge in [-0.15, -0.1) is 0 Å². The minimum Gasteiger partial charge on any atom is -0.345 e. The Morgan fingerprint density at radius 3 is 2.55 bits per heavy atom. The van der Waals surface area contributed by atoms with Crippen LogP contribution in [0, 0.1) is 6.92 Å². The predicted octanol–water partition coefficient (Wildman–Crippen LogP) is 4.56. The fourth-order valence-corrected chi connectivity index (χ4v) is 2.30. The molecule has 0 atom stereocenters. The Labute approximate surface area is 118 Å². The summed E-state index contributed by atoms with van der Waals surface area (Å²) in [4.78, 5) is 7.09. The van der Waals surface area contributed by atoms with E-state index in [0.29, 0.717) is 0 Å². The number of hydrogen-bond donors (Lipinski definition) is 1. The minimum atomic E-state index is 1.01. The molecule has 0 spiro atoms. The van der Waals surface area contributed by atoms with Crippen molar-refractivity contribution in [1.29, 1.82) is 0 Å². The van der Waals surface area contributed by atoms with Crippen LogP contribution >= 0.6 is 0 Å². The number of aromatic nitrogens is 2. The van der Waals surface area contributed by atoms with Crippen LogP contribution in [0.3, 0.4) is 0 Å². The van der Waals surface area contributed by atoms with Crippen LogP contribution in [0.25, 0.3) is 23.3 Å². The normalized spacial score (nSPS) is 11.1. The largest absolute Gasteiger partial charge is 0.345 e. The topological polar surface area (TPSA) is 28.7 Å². The number of aromatic amines is 1. The molecule has 0 aliphatic carbocycles. The molecule has 1 heterocycles. The highest BCUT2D eigenvalue weighted by Crippen LogP contribution is 2.26. The van der Waals surface area contributed by atoms with Crippen LogP contribution in [0.1, 0.15) is 16.8 Å². The second-order valence-electron chi connectivity index (χ2n) is 4.73. The third kappa shape index (κ3) is 2.54. The van der Waals surface area contributed by atoms with Crippen molar-refractivity contribution in [2.24, 2.45) is 0 Å². The number of rotatable bonds is 3. The maximum Gasteiger partial charge on any atom is 0.0924 e. The number of H-pyrrole nitrogens is 1. The second kappa shape index (κ2) is 5.57. The van der Waals surface area contributed by atoms with Crippen molar-refractivity contribution < 1.29 is 0 Å². The lowest BCUT2D eigenvalue weighted by Gasteiger charge is -2.09. The Kier molecular flexibility index (Phi) is 3.46. The van der Waals surface area contributed by atoms with Gasteiger partial charge in [0.2, 0.25) is 0 Å². The van der Waals surface area contributed by atoms with Crippen molar-refractivity contribution >= 4 is 12.2 Å². The first-order valence-electron chi connectivity index (χ1n) is 6.66. The van der Waals surface area contributed by atoms with Crippen LogP contribution in [-0.4, -0.2) is 9.97 Å². The monoisotopic (exact) mass is 260 g/mol. The average Bonchev–Trinajstić information content (AvgIpc) is 3.00. The van der Waals surface area contributed by atoms with E-state index in [2.05, 4.69) is 65.4 Å². The van der Waals surface area contributed by atoms with Crippen molar-refractivity contribution in [2.75, 3.05) is 0 Å². The molecule has 3 aromatic rings. The number of imidazole rings is 1. The maximum absolute atomic E-state index is 4.02. The highest BCUT2D eigenvalue weighted by molar-refractivity contribution is 5.76. The molecular weight excluding hydrogens is 244 g/mol. The number of hydrogen-bond acceptors (Lipinski definition) is 1. The maximum atomic E-state index is 4.02. The number of nitrogens with one attached hydrogen (secondary N) is 1. The van der Waals surface area contributed by atoms with Gasteiger partial charge in [0.15, 0.2) is 0 Å². The van der Waals surface area contributed by atoms with E-state index in [4.69, 9.17) is 0 Å². The van der Waals surface area contributed by atoms with Gasteiger partial charge in [0.1, 0.15) is 0 Å². The summed E-state index contributed by atoms with van der Waals surface area (Å²) < 4.78 is 0. The Morgan fingerprint density at radius 2 is 1.80 bits per heavy atom. The molecule has 0 radical (unpaired) electrons. The van der Waals surface area contributed by atoms with E-state index in [1.54, 1.807) is 6.33 Å².